The second-order valence-electron chi connectivity index (χ2n) is 4.64. The molecule has 0 saturated heterocycles. The zero-order valence-electron chi connectivity index (χ0n) is 11.5. The monoisotopic (exact) mass is 307 g/mol. The summed E-state index contributed by atoms with van der Waals surface area (Å²) in [7, 11) is 1.87. The first-order chi connectivity index (χ1) is 10.6. The molecule has 2 aromatic rings. The number of anilines is 1. The molecule has 3 rings (SSSR count). The fourth-order valence-corrected chi connectivity index (χ4v) is 3.39. The zero-order chi connectivity index (χ0) is 15.9. The Kier molecular flexibility index (Phi) is 3.30. The molecule has 0 radical (unpaired) electrons. The van der Waals surface area contributed by atoms with Crippen molar-refractivity contribution in [3.63, 3.8) is 0 Å². The second-order valence-corrected chi connectivity index (χ2v) is 5.71. The number of nitrogens with zero attached hydrogens (tertiary/aromatic N) is 2. The number of hydrogen-bond donors (Lipinski definition) is 1. The number of thioether (sulfide) groups is 1. The Balaban J connectivity index is 2.09. The number of nitrogens with one attached hydrogen (secondary N) is 1. The summed E-state index contributed by atoms with van der Waals surface area (Å²) in [6.45, 7) is 6.97. The van der Waals surface area contributed by atoms with Gasteiger partial charge in [0.2, 0.25) is 10.9 Å². The van der Waals surface area contributed by atoms with Crippen molar-refractivity contribution in [1.29, 1.82) is 5.41 Å². The Morgan fingerprint density at radius 3 is 2.73 bits per heavy atom. The largest absolute Gasteiger partial charge is 0.338 e. The van der Waals surface area contributed by atoms with Crippen molar-refractivity contribution in [1.82, 2.24) is 0 Å². The molecule has 0 spiro atoms. The van der Waals surface area contributed by atoms with Crippen LogP contribution in [0.25, 0.3) is 16.6 Å². The smallest absolute Gasteiger partial charge is 0.258 e. The predicted molar refractivity (Wildman–Crippen MR) is 87.8 cm³/mol. The van der Waals surface area contributed by atoms with Gasteiger partial charge in [0.05, 0.1) is 22.9 Å². The summed E-state index contributed by atoms with van der Waals surface area (Å²) in [6.07, 6.45) is 1.60. The van der Waals surface area contributed by atoms with E-state index in [-0.39, 0.29) is 16.8 Å². The molecule has 0 saturated carbocycles. The third-order valence-electron chi connectivity index (χ3n) is 3.45. The van der Waals surface area contributed by atoms with Crippen LogP contribution in [0, 0.1) is 12.0 Å². The summed E-state index contributed by atoms with van der Waals surface area (Å²) in [4.78, 5) is 29.5. The Morgan fingerprint density at radius 1 is 1.36 bits per heavy atom. The molecule has 0 unspecified atom stereocenters. The summed E-state index contributed by atoms with van der Waals surface area (Å²) in [6, 6.07) is 7.80. The van der Waals surface area contributed by atoms with E-state index in [1.54, 1.807) is 6.08 Å². The third-order valence-corrected chi connectivity index (χ3v) is 4.62. The lowest BCUT2D eigenvalue weighted by Crippen LogP contribution is -2.38. The van der Waals surface area contributed by atoms with Crippen LogP contribution in [0.15, 0.2) is 43.8 Å². The van der Waals surface area contributed by atoms with Gasteiger partial charge in [-0.2, -0.15) is 0 Å². The normalized spacial score (nSPS) is 14.7. The SMILES string of the molecule is [C-]#[N+]C(=C=N)c1c(C=C2Sc3ccccc3N2C)c(=O)c1=O. The van der Waals surface area contributed by atoms with E-state index in [4.69, 9.17) is 12.0 Å². The van der Waals surface area contributed by atoms with E-state index >= 15 is 0 Å². The third kappa shape index (κ3) is 1.92. The minimum atomic E-state index is -0.722. The Morgan fingerprint density at radius 2 is 2.09 bits per heavy atom. The van der Waals surface area contributed by atoms with Crippen molar-refractivity contribution in [2.45, 2.75) is 4.90 Å². The fourth-order valence-electron chi connectivity index (χ4n) is 2.30. The molecule has 1 aliphatic rings. The highest BCUT2D eigenvalue weighted by atomic mass is 32.2. The Hall–Kier alpha value is -2.87. The molecular formula is C16H9N3O2S. The average Bonchev–Trinajstić information content (AvgIpc) is 2.87. The van der Waals surface area contributed by atoms with Gasteiger partial charge in [-0.25, -0.2) is 4.85 Å². The molecule has 1 heterocycles. The number of benzene rings is 1. The van der Waals surface area contributed by atoms with E-state index in [0.29, 0.717) is 0 Å². The minimum Gasteiger partial charge on any atom is -0.338 e. The number of hydrogen-bond acceptors (Lipinski definition) is 5. The maximum Gasteiger partial charge on any atom is 0.258 e. The van der Waals surface area contributed by atoms with Crippen molar-refractivity contribution in [3.05, 3.63) is 72.3 Å². The highest BCUT2D eigenvalue weighted by Crippen LogP contribution is 2.45. The average molecular weight is 307 g/mol. The van der Waals surface area contributed by atoms with E-state index in [1.807, 2.05) is 42.1 Å². The van der Waals surface area contributed by atoms with Crippen LogP contribution in [0.2, 0.25) is 0 Å². The van der Waals surface area contributed by atoms with Crippen LogP contribution in [0.5, 0.6) is 0 Å². The van der Waals surface area contributed by atoms with Crippen LogP contribution >= 0.6 is 11.8 Å². The molecule has 0 amide bonds. The summed E-state index contributed by atoms with van der Waals surface area (Å²) >= 11 is 1.49. The first kappa shape index (κ1) is 14.1. The van der Waals surface area contributed by atoms with Gasteiger partial charge >= 0.3 is 0 Å². The van der Waals surface area contributed by atoms with Crippen molar-refractivity contribution in [2.75, 3.05) is 11.9 Å². The summed E-state index contributed by atoms with van der Waals surface area (Å²) in [5, 5.41) is 7.86. The van der Waals surface area contributed by atoms with Gasteiger partial charge in [0.25, 0.3) is 5.70 Å². The highest BCUT2D eigenvalue weighted by Gasteiger charge is 2.26. The molecule has 0 bridgehead atoms. The molecule has 0 fully saturated rings. The molecule has 0 aliphatic carbocycles. The molecule has 0 aromatic heterocycles. The quantitative estimate of drug-likeness (QED) is 0.525. The first-order valence-electron chi connectivity index (χ1n) is 6.31. The molecule has 22 heavy (non-hydrogen) atoms. The van der Waals surface area contributed by atoms with Gasteiger partial charge in [0.1, 0.15) is 0 Å². The molecule has 2 aromatic carbocycles. The van der Waals surface area contributed by atoms with Gasteiger partial charge in [-0.1, -0.05) is 23.9 Å². The van der Waals surface area contributed by atoms with Gasteiger partial charge in [-0.05, 0) is 24.1 Å². The van der Waals surface area contributed by atoms with E-state index in [2.05, 4.69) is 4.85 Å². The van der Waals surface area contributed by atoms with Gasteiger partial charge in [0.15, 0.2) is 0 Å². The lowest BCUT2D eigenvalue weighted by molar-refractivity contribution is 1.18. The topological polar surface area (TPSA) is 65.6 Å². The van der Waals surface area contributed by atoms with Crippen molar-refractivity contribution < 1.29 is 0 Å². The lowest BCUT2D eigenvalue weighted by Gasteiger charge is -2.14. The molecule has 1 aliphatic heterocycles. The molecular weight excluding hydrogens is 298 g/mol. The van der Waals surface area contributed by atoms with Crippen molar-refractivity contribution in [3.8, 4) is 0 Å². The second kappa shape index (κ2) is 5.15. The molecule has 5 nitrogen and oxygen atoms in total. The number of rotatable bonds is 2. The van der Waals surface area contributed by atoms with E-state index in [1.165, 1.54) is 11.8 Å². The fraction of sp³-hybridized carbons (Fsp3) is 0.0625. The van der Waals surface area contributed by atoms with Gasteiger partial charge in [0, 0.05) is 17.5 Å². The van der Waals surface area contributed by atoms with E-state index < -0.39 is 10.9 Å². The van der Waals surface area contributed by atoms with Crippen LogP contribution in [-0.4, -0.2) is 12.9 Å². The van der Waals surface area contributed by atoms with Crippen LogP contribution in [0.1, 0.15) is 11.1 Å². The lowest BCUT2D eigenvalue weighted by atomic mass is 9.98. The van der Waals surface area contributed by atoms with Crippen molar-refractivity contribution in [2.24, 2.45) is 0 Å². The molecule has 1 N–H and O–H groups in total. The Bertz CT molecular complexity index is 984. The van der Waals surface area contributed by atoms with Gasteiger partial charge < -0.3 is 4.90 Å². The number of fused-ring (bicyclic) bond motifs is 1. The van der Waals surface area contributed by atoms with Crippen LogP contribution < -0.4 is 15.8 Å². The Labute approximate surface area is 130 Å². The van der Waals surface area contributed by atoms with Crippen LogP contribution in [0.4, 0.5) is 5.69 Å². The van der Waals surface area contributed by atoms with Crippen LogP contribution in [0.3, 0.4) is 0 Å². The zero-order valence-corrected chi connectivity index (χ0v) is 12.3. The maximum atomic E-state index is 11.8. The van der Waals surface area contributed by atoms with E-state index in [0.717, 1.165) is 15.6 Å². The molecule has 6 heteroatoms. The standard InChI is InChI=1S/C16H9N3O2S/c1-18-10(8-17)14-9(15(20)16(14)21)7-13-19(2)11-5-3-4-6-12(11)22-13/h3-7,17H,2H3. The van der Waals surface area contributed by atoms with E-state index in [9.17, 15) is 9.59 Å². The molecule has 106 valence electrons. The highest BCUT2D eigenvalue weighted by molar-refractivity contribution is 8.03. The molecule has 0 atom stereocenters. The summed E-state index contributed by atoms with van der Waals surface area (Å²) in [5.41, 5.74) is -0.374. The van der Waals surface area contributed by atoms with Gasteiger partial charge in [-0.3, -0.25) is 15.0 Å². The number of para-hydroxylation sites is 1. The van der Waals surface area contributed by atoms with Crippen molar-refractivity contribution >= 4 is 35.1 Å². The first-order valence-corrected chi connectivity index (χ1v) is 7.13. The van der Waals surface area contributed by atoms with Gasteiger partial charge in [-0.15, -0.1) is 0 Å². The minimum absolute atomic E-state index is 0.00699. The summed E-state index contributed by atoms with van der Waals surface area (Å²) in [5.74, 6) is 1.92. The maximum absolute atomic E-state index is 11.8. The summed E-state index contributed by atoms with van der Waals surface area (Å²) < 4.78 is 0. The van der Waals surface area contributed by atoms with Crippen LogP contribution in [-0.2, 0) is 0 Å². The predicted octanol–water partition coefficient (Wildman–Crippen LogP) is 2.33.